The summed E-state index contributed by atoms with van der Waals surface area (Å²) in [5, 5.41) is 1.63. The second-order valence-corrected chi connectivity index (χ2v) is 5.89. The Morgan fingerprint density at radius 3 is 2.63 bits per heavy atom. The van der Waals surface area contributed by atoms with Gasteiger partial charge in [-0.3, -0.25) is 0 Å². The molecule has 0 fully saturated rings. The molecule has 0 N–H and O–H groups in total. The fourth-order valence-electron chi connectivity index (χ4n) is 2.99. The van der Waals surface area contributed by atoms with E-state index < -0.39 is 0 Å². The molecule has 0 atom stereocenters. The lowest BCUT2D eigenvalue weighted by molar-refractivity contribution is 0.651. The van der Waals surface area contributed by atoms with Gasteiger partial charge in [0.1, 0.15) is 0 Å². The maximum atomic E-state index is 6.33. The lowest BCUT2D eigenvalue weighted by Gasteiger charge is -2.45. The highest BCUT2D eigenvalue weighted by atomic mass is 35.5. The SMILES string of the molecule is Clc1ccc2c(c1)N1Cc3c(Cl)cccc3N(C2)C1. The maximum Gasteiger partial charge on any atom is 0.0910 e. The Kier molecular flexibility index (Phi) is 2.44. The molecule has 0 amide bonds. The largest absolute Gasteiger partial charge is 0.349 e. The van der Waals surface area contributed by atoms with Crippen LogP contribution in [0.25, 0.3) is 0 Å². The fraction of sp³-hybridized carbons (Fsp3) is 0.200. The van der Waals surface area contributed by atoms with Gasteiger partial charge in [-0.05, 0) is 29.8 Å². The van der Waals surface area contributed by atoms with Crippen LogP contribution in [-0.2, 0) is 13.1 Å². The van der Waals surface area contributed by atoms with Crippen molar-refractivity contribution in [1.82, 2.24) is 0 Å². The van der Waals surface area contributed by atoms with Gasteiger partial charge in [0.15, 0.2) is 0 Å². The zero-order valence-corrected chi connectivity index (χ0v) is 11.7. The van der Waals surface area contributed by atoms with E-state index in [1.54, 1.807) is 0 Å². The molecule has 0 unspecified atom stereocenters. The third kappa shape index (κ3) is 1.71. The number of fused-ring (bicyclic) bond motifs is 6. The predicted octanol–water partition coefficient (Wildman–Crippen LogP) is 4.29. The standard InChI is InChI=1S/C15H12Cl2N2/c16-11-5-4-10-7-18-9-19(15(10)6-11)8-12-13(17)2-1-3-14(12)18/h1-6H,7-9H2. The van der Waals surface area contributed by atoms with Gasteiger partial charge in [-0.1, -0.05) is 35.3 Å². The molecule has 2 aliphatic heterocycles. The number of benzene rings is 2. The number of hydrogen-bond donors (Lipinski definition) is 0. The van der Waals surface area contributed by atoms with Crippen LogP contribution in [0, 0.1) is 0 Å². The van der Waals surface area contributed by atoms with Crippen LogP contribution in [0.4, 0.5) is 11.4 Å². The average Bonchev–Trinajstić information content (AvgIpc) is 2.41. The van der Waals surface area contributed by atoms with Gasteiger partial charge in [-0.2, -0.15) is 0 Å². The number of hydrogen-bond acceptors (Lipinski definition) is 2. The summed E-state index contributed by atoms with van der Waals surface area (Å²) in [6.45, 7) is 2.66. The number of rotatable bonds is 0. The molecule has 0 aliphatic carbocycles. The van der Waals surface area contributed by atoms with Gasteiger partial charge in [0.25, 0.3) is 0 Å². The predicted molar refractivity (Wildman–Crippen MR) is 80.1 cm³/mol. The van der Waals surface area contributed by atoms with Crippen LogP contribution in [0.15, 0.2) is 36.4 Å². The molecule has 4 rings (SSSR count). The Morgan fingerprint density at radius 1 is 0.895 bits per heavy atom. The first kappa shape index (κ1) is 11.4. The summed E-state index contributed by atoms with van der Waals surface area (Å²) in [5.74, 6) is 0. The summed E-state index contributed by atoms with van der Waals surface area (Å²) >= 11 is 12.5. The normalized spacial score (nSPS) is 16.1. The number of halogens is 2. The van der Waals surface area contributed by atoms with Gasteiger partial charge in [0.05, 0.1) is 6.67 Å². The second kappa shape index (κ2) is 4.06. The summed E-state index contributed by atoms with van der Waals surface area (Å²) in [5.41, 5.74) is 5.01. The quantitative estimate of drug-likeness (QED) is 0.714. The Bertz CT molecular complexity index is 669. The summed E-state index contributed by atoms with van der Waals surface area (Å²) in [6.07, 6.45) is 0. The number of anilines is 2. The highest BCUT2D eigenvalue weighted by molar-refractivity contribution is 6.32. The smallest absolute Gasteiger partial charge is 0.0910 e. The molecular weight excluding hydrogens is 279 g/mol. The Labute approximate surface area is 122 Å². The minimum Gasteiger partial charge on any atom is -0.349 e. The van der Waals surface area contributed by atoms with Crippen LogP contribution in [-0.4, -0.2) is 6.67 Å². The van der Waals surface area contributed by atoms with E-state index >= 15 is 0 Å². The van der Waals surface area contributed by atoms with E-state index in [4.69, 9.17) is 23.2 Å². The highest BCUT2D eigenvalue weighted by Crippen LogP contribution is 2.40. The topological polar surface area (TPSA) is 6.48 Å². The van der Waals surface area contributed by atoms with E-state index in [1.165, 1.54) is 22.5 Å². The molecule has 96 valence electrons. The van der Waals surface area contributed by atoms with Gasteiger partial charge < -0.3 is 9.80 Å². The van der Waals surface area contributed by atoms with Crippen LogP contribution >= 0.6 is 23.2 Å². The Balaban J connectivity index is 1.86. The van der Waals surface area contributed by atoms with Crippen molar-refractivity contribution in [3.05, 3.63) is 57.6 Å². The Morgan fingerprint density at radius 2 is 1.74 bits per heavy atom. The van der Waals surface area contributed by atoms with E-state index in [-0.39, 0.29) is 0 Å². The zero-order valence-electron chi connectivity index (χ0n) is 10.2. The van der Waals surface area contributed by atoms with Crippen molar-refractivity contribution in [3.8, 4) is 0 Å². The van der Waals surface area contributed by atoms with Gasteiger partial charge in [0, 0.05) is 40.1 Å². The van der Waals surface area contributed by atoms with Crippen LogP contribution in [0.1, 0.15) is 11.1 Å². The van der Waals surface area contributed by atoms with Crippen LogP contribution in [0.5, 0.6) is 0 Å². The van der Waals surface area contributed by atoms with Gasteiger partial charge in [-0.25, -0.2) is 0 Å². The first-order valence-electron chi connectivity index (χ1n) is 6.28. The molecule has 2 bridgehead atoms. The zero-order chi connectivity index (χ0) is 13.0. The lowest BCUT2D eigenvalue weighted by atomic mass is 10.0. The molecule has 0 radical (unpaired) electrons. The van der Waals surface area contributed by atoms with Crippen LogP contribution in [0.3, 0.4) is 0 Å². The highest BCUT2D eigenvalue weighted by Gasteiger charge is 2.30. The van der Waals surface area contributed by atoms with Crippen molar-refractivity contribution >= 4 is 34.6 Å². The first-order chi connectivity index (χ1) is 9.22. The molecule has 2 aromatic rings. The molecule has 19 heavy (non-hydrogen) atoms. The second-order valence-electron chi connectivity index (χ2n) is 5.05. The van der Waals surface area contributed by atoms with Crippen molar-refractivity contribution in [3.63, 3.8) is 0 Å². The molecule has 0 saturated heterocycles. The van der Waals surface area contributed by atoms with Crippen LogP contribution < -0.4 is 9.80 Å². The van der Waals surface area contributed by atoms with E-state index in [9.17, 15) is 0 Å². The molecule has 0 spiro atoms. The summed E-state index contributed by atoms with van der Waals surface area (Å²) in [7, 11) is 0. The fourth-order valence-corrected chi connectivity index (χ4v) is 3.39. The van der Waals surface area contributed by atoms with Crippen molar-refractivity contribution in [2.75, 3.05) is 16.5 Å². The molecule has 2 aromatic carbocycles. The minimum absolute atomic E-state index is 0.789. The Hall–Kier alpha value is -1.38. The third-order valence-corrected chi connectivity index (χ3v) is 4.46. The van der Waals surface area contributed by atoms with Crippen molar-refractivity contribution in [2.24, 2.45) is 0 Å². The van der Waals surface area contributed by atoms with Crippen LogP contribution in [0.2, 0.25) is 10.0 Å². The lowest BCUT2D eigenvalue weighted by Crippen LogP contribution is -2.46. The molecule has 2 nitrogen and oxygen atoms in total. The first-order valence-corrected chi connectivity index (χ1v) is 7.04. The van der Waals surface area contributed by atoms with E-state index in [2.05, 4.69) is 28.0 Å². The number of nitrogens with zero attached hydrogens (tertiary/aromatic N) is 2. The van der Waals surface area contributed by atoms with Gasteiger partial charge in [-0.15, -0.1) is 0 Å². The molecule has 0 saturated carbocycles. The van der Waals surface area contributed by atoms with Gasteiger partial charge in [0.2, 0.25) is 0 Å². The van der Waals surface area contributed by atoms with E-state index in [0.29, 0.717) is 0 Å². The van der Waals surface area contributed by atoms with E-state index in [1.807, 2.05) is 18.2 Å². The van der Waals surface area contributed by atoms with Crippen molar-refractivity contribution in [1.29, 1.82) is 0 Å². The molecule has 0 aromatic heterocycles. The molecule has 2 heterocycles. The van der Waals surface area contributed by atoms with Crippen molar-refractivity contribution in [2.45, 2.75) is 13.1 Å². The maximum absolute atomic E-state index is 6.33. The van der Waals surface area contributed by atoms with Crippen molar-refractivity contribution < 1.29 is 0 Å². The van der Waals surface area contributed by atoms with E-state index in [0.717, 1.165) is 29.8 Å². The molecular formula is C15H12Cl2N2. The van der Waals surface area contributed by atoms with Gasteiger partial charge >= 0.3 is 0 Å². The summed E-state index contributed by atoms with van der Waals surface area (Å²) in [4.78, 5) is 4.69. The third-order valence-electron chi connectivity index (χ3n) is 3.87. The summed E-state index contributed by atoms with van der Waals surface area (Å²) < 4.78 is 0. The average molecular weight is 291 g/mol. The monoisotopic (exact) mass is 290 g/mol. The molecule has 4 heteroatoms. The molecule has 2 aliphatic rings. The minimum atomic E-state index is 0.789. The summed E-state index contributed by atoms with van der Waals surface area (Å²) in [6, 6.07) is 12.3.